The molecule has 0 bridgehead atoms. The van der Waals surface area contributed by atoms with Crippen LogP contribution in [0.25, 0.3) is 0 Å². The molecule has 0 unspecified atom stereocenters. The zero-order chi connectivity index (χ0) is 10.5. The van der Waals surface area contributed by atoms with Crippen molar-refractivity contribution in [1.29, 1.82) is 0 Å². The van der Waals surface area contributed by atoms with Crippen LogP contribution in [-0.4, -0.2) is 11.5 Å². The molecule has 84 valence electrons. The second kappa shape index (κ2) is 5.50. The van der Waals surface area contributed by atoms with Crippen molar-refractivity contribution in [2.75, 3.05) is 11.9 Å². The lowest BCUT2D eigenvalue weighted by Crippen LogP contribution is -2.05. The third-order valence-electron chi connectivity index (χ3n) is 3.07. The highest BCUT2D eigenvalue weighted by molar-refractivity contribution is 7.13. The Labute approximate surface area is 96.1 Å². The number of nitrogens with one attached hydrogen (secondary N) is 1. The first-order chi connectivity index (χ1) is 7.40. The van der Waals surface area contributed by atoms with Crippen LogP contribution in [0.1, 0.15) is 57.1 Å². The summed E-state index contributed by atoms with van der Waals surface area (Å²) in [7, 11) is 0. The van der Waals surface area contributed by atoms with Gasteiger partial charge in [0, 0.05) is 17.8 Å². The molecule has 1 saturated carbocycles. The molecule has 1 N–H and O–H groups in total. The molecule has 1 fully saturated rings. The minimum Gasteiger partial charge on any atom is -0.362 e. The minimum atomic E-state index is 0.743. The summed E-state index contributed by atoms with van der Waals surface area (Å²) in [5.74, 6) is 0.743. The van der Waals surface area contributed by atoms with E-state index in [2.05, 4.69) is 22.6 Å². The zero-order valence-corrected chi connectivity index (χ0v) is 10.3. The summed E-state index contributed by atoms with van der Waals surface area (Å²) in [6.45, 7) is 3.22. The summed E-state index contributed by atoms with van der Waals surface area (Å²) >= 11 is 1.76. The van der Waals surface area contributed by atoms with Crippen LogP contribution in [0.5, 0.6) is 0 Å². The first kappa shape index (κ1) is 10.9. The molecule has 1 aliphatic rings. The van der Waals surface area contributed by atoms with Crippen molar-refractivity contribution in [1.82, 2.24) is 4.98 Å². The summed E-state index contributed by atoms with van der Waals surface area (Å²) in [6.07, 6.45) is 8.05. The highest BCUT2D eigenvalue weighted by Gasteiger charge is 2.17. The Morgan fingerprint density at radius 3 is 2.93 bits per heavy atom. The minimum absolute atomic E-state index is 0.743. The van der Waals surface area contributed by atoms with E-state index in [1.807, 2.05) is 0 Å². The number of thiazole rings is 1. The van der Waals surface area contributed by atoms with E-state index >= 15 is 0 Å². The van der Waals surface area contributed by atoms with Crippen LogP contribution in [0.3, 0.4) is 0 Å². The Balaban J connectivity index is 1.93. The second-order valence-electron chi connectivity index (χ2n) is 4.34. The number of hydrogen-bond donors (Lipinski definition) is 1. The van der Waals surface area contributed by atoms with E-state index in [1.165, 1.54) is 44.2 Å². The summed E-state index contributed by atoms with van der Waals surface area (Å²) < 4.78 is 0. The quantitative estimate of drug-likeness (QED) is 0.835. The Hall–Kier alpha value is -0.570. The average Bonchev–Trinajstić information content (AvgIpc) is 2.76. The molecule has 2 rings (SSSR count). The van der Waals surface area contributed by atoms with E-state index in [0.29, 0.717) is 0 Å². The predicted molar refractivity (Wildman–Crippen MR) is 66.7 cm³/mol. The standard InChI is InChI=1S/C12H20N2S/c1-2-8-13-12-14-11(9-15-12)10-6-4-3-5-7-10/h9-10H,2-8H2,1H3,(H,13,14). The van der Waals surface area contributed by atoms with Gasteiger partial charge in [0.25, 0.3) is 0 Å². The molecule has 1 heterocycles. The lowest BCUT2D eigenvalue weighted by molar-refractivity contribution is 0.438. The van der Waals surface area contributed by atoms with Crippen LogP contribution >= 0.6 is 11.3 Å². The topological polar surface area (TPSA) is 24.9 Å². The first-order valence-corrected chi connectivity index (χ1v) is 6.97. The Morgan fingerprint density at radius 2 is 2.20 bits per heavy atom. The fourth-order valence-electron chi connectivity index (χ4n) is 2.19. The third-order valence-corrected chi connectivity index (χ3v) is 3.89. The maximum absolute atomic E-state index is 4.68. The molecular formula is C12H20N2S. The van der Waals surface area contributed by atoms with Crippen molar-refractivity contribution >= 4 is 16.5 Å². The molecule has 0 radical (unpaired) electrons. The first-order valence-electron chi connectivity index (χ1n) is 6.09. The van der Waals surface area contributed by atoms with E-state index < -0.39 is 0 Å². The van der Waals surface area contributed by atoms with Crippen LogP contribution in [-0.2, 0) is 0 Å². The Bertz CT molecular complexity index is 290. The lowest BCUT2D eigenvalue weighted by atomic mass is 9.87. The van der Waals surface area contributed by atoms with Gasteiger partial charge in [0.15, 0.2) is 5.13 Å². The fourth-order valence-corrected chi connectivity index (χ4v) is 3.01. The van der Waals surface area contributed by atoms with E-state index in [9.17, 15) is 0 Å². The Kier molecular flexibility index (Phi) is 4.01. The molecule has 0 saturated heterocycles. The van der Waals surface area contributed by atoms with Gasteiger partial charge in [-0.3, -0.25) is 0 Å². The average molecular weight is 224 g/mol. The monoisotopic (exact) mass is 224 g/mol. The molecule has 0 atom stereocenters. The fraction of sp³-hybridized carbons (Fsp3) is 0.750. The molecule has 2 nitrogen and oxygen atoms in total. The van der Waals surface area contributed by atoms with Crippen LogP contribution in [0.2, 0.25) is 0 Å². The molecule has 15 heavy (non-hydrogen) atoms. The van der Waals surface area contributed by atoms with E-state index in [-0.39, 0.29) is 0 Å². The van der Waals surface area contributed by atoms with Gasteiger partial charge in [-0.15, -0.1) is 11.3 Å². The SMILES string of the molecule is CCCNc1nc(C2CCCCC2)cs1. The normalized spacial score (nSPS) is 17.9. The molecule has 1 aliphatic carbocycles. The van der Waals surface area contributed by atoms with Gasteiger partial charge in [-0.05, 0) is 19.3 Å². The largest absolute Gasteiger partial charge is 0.362 e. The number of rotatable bonds is 4. The van der Waals surface area contributed by atoms with Gasteiger partial charge < -0.3 is 5.32 Å². The van der Waals surface area contributed by atoms with Crippen LogP contribution in [0, 0.1) is 0 Å². The maximum atomic E-state index is 4.68. The van der Waals surface area contributed by atoms with Crippen molar-refractivity contribution < 1.29 is 0 Å². The van der Waals surface area contributed by atoms with Gasteiger partial charge in [-0.2, -0.15) is 0 Å². The predicted octanol–water partition coefficient (Wildman–Crippen LogP) is 4.01. The second-order valence-corrected chi connectivity index (χ2v) is 5.20. The molecule has 1 aromatic heterocycles. The highest BCUT2D eigenvalue weighted by atomic mass is 32.1. The third kappa shape index (κ3) is 2.94. The van der Waals surface area contributed by atoms with E-state index in [1.54, 1.807) is 11.3 Å². The molecule has 0 aliphatic heterocycles. The van der Waals surface area contributed by atoms with Gasteiger partial charge in [0.2, 0.25) is 0 Å². The number of hydrogen-bond acceptors (Lipinski definition) is 3. The number of nitrogens with zero attached hydrogens (tertiary/aromatic N) is 1. The van der Waals surface area contributed by atoms with Crippen LogP contribution in [0.15, 0.2) is 5.38 Å². The molecule has 0 spiro atoms. The summed E-state index contributed by atoms with van der Waals surface area (Å²) in [4.78, 5) is 4.68. The Morgan fingerprint density at radius 1 is 1.40 bits per heavy atom. The van der Waals surface area contributed by atoms with E-state index in [0.717, 1.165) is 17.6 Å². The molecule has 0 amide bonds. The zero-order valence-electron chi connectivity index (χ0n) is 9.46. The van der Waals surface area contributed by atoms with Gasteiger partial charge in [0.1, 0.15) is 0 Å². The van der Waals surface area contributed by atoms with Crippen molar-refractivity contribution in [2.24, 2.45) is 0 Å². The summed E-state index contributed by atoms with van der Waals surface area (Å²) in [6, 6.07) is 0. The van der Waals surface area contributed by atoms with Gasteiger partial charge in [0.05, 0.1) is 5.69 Å². The maximum Gasteiger partial charge on any atom is 0.182 e. The van der Waals surface area contributed by atoms with Crippen molar-refractivity contribution in [3.05, 3.63) is 11.1 Å². The van der Waals surface area contributed by atoms with Crippen LogP contribution < -0.4 is 5.32 Å². The van der Waals surface area contributed by atoms with E-state index in [4.69, 9.17) is 0 Å². The lowest BCUT2D eigenvalue weighted by Gasteiger charge is -2.19. The highest BCUT2D eigenvalue weighted by Crippen LogP contribution is 2.33. The summed E-state index contributed by atoms with van der Waals surface area (Å²) in [5.41, 5.74) is 1.33. The van der Waals surface area contributed by atoms with Gasteiger partial charge >= 0.3 is 0 Å². The van der Waals surface area contributed by atoms with Crippen molar-refractivity contribution in [3.63, 3.8) is 0 Å². The van der Waals surface area contributed by atoms with Crippen molar-refractivity contribution in [3.8, 4) is 0 Å². The number of anilines is 1. The smallest absolute Gasteiger partial charge is 0.182 e. The molecular weight excluding hydrogens is 204 g/mol. The van der Waals surface area contributed by atoms with Gasteiger partial charge in [-0.1, -0.05) is 26.2 Å². The molecule has 0 aromatic carbocycles. The molecule has 3 heteroatoms. The molecule has 1 aromatic rings. The van der Waals surface area contributed by atoms with Gasteiger partial charge in [-0.25, -0.2) is 4.98 Å². The van der Waals surface area contributed by atoms with Crippen LogP contribution in [0.4, 0.5) is 5.13 Å². The van der Waals surface area contributed by atoms with Crippen molar-refractivity contribution in [2.45, 2.75) is 51.4 Å². The summed E-state index contributed by atoms with van der Waals surface area (Å²) in [5, 5.41) is 6.71. The number of aromatic nitrogens is 1.